The van der Waals surface area contributed by atoms with E-state index >= 15 is 0 Å². The van der Waals surface area contributed by atoms with Gasteiger partial charge in [0.05, 0.1) is 19.1 Å². The van der Waals surface area contributed by atoms with Gasteiger partial charge in [0.2, 0.25) is 12.7 Å². The van der Waals surface area contributed by atoms with E-state index in [9.17, 15) is 30.0 Å². The number of carbonyl (C=O) groups is 2. The quantitative estimate of drug-likeness (QED) is 0.0525. The van der Waals surface area contributed by atoms with E-state index in [4.69, 9.17) is 48.7 Å². The third-order valence-corrected chi connectivity index (χ3v) is 13.4. The molecule has 1 aliphatic carbocycles. The fourth-order valence-corrected chi connectivity index (χ4v) is 9.96. The van der Waals surface area contributed by atoms with Crippen molar-refractivity contribution in [1.29, 1.82) is 0 Å². The van der Waals surface area contributed by atoms with Crippen LogP contribution in [0.4, 0.5) is 0 Å². The Kier molecular flexibility index (Phi) is 13.5. The van der Waals surface area contributed by atoms with Crippen molar-refractivity contribution in [2.45, 2.75) is 120 Å². The zero-order chi connectivity index (χ0) is 46.2. The van der Waals surface area contributed by atoms with Gasteiger partial charge in [0.15, 0.2) is 29.6 Å². The van der Waals surface area contributed by atoms with Crippen molar-refractivity contribution in [3.05, 3.63) is 69.8 Å². The number of fused-ring (bicyclic) bond motifs is 8. The molecule has 354 valence electrons. The summed E-state index contributed by atoms with van der Waals surface area (Å²) < 4.78 is 42.7. The minimum absolute atomic E-state index is 0.0717. The Morgan fingerprint density at radius 2 is 1.74 bits per heavy atom. The smallest absolute Gasteiger partial charge is 0.332 e. The lowest BCUT2D eigenvalue weighted by molar-refractivity contribution is -0.373. The van der Waals surface area contributed by atoms with Gasteiger partial charge >= 0.3 is 11.9 Å². The lowest BCUT2D eigenvalue weighted by Crippen LogP contribution is -2.61. The van der Waals surface area contributed by atoms with E-state index in [0.29, 0.717) is 53.2 Å². The number of nitrogens with two attached hydrogens (primary N) is 1. The summed E-state index contributed by atoms with van der Waals surface area (Å²) in [5, 5.41) is 46.6. The fourth-order valence-electron chi connectivity index (χ4n) is 9.96. The largest absolute Gasteiger partial charge is 0.508 e. The van der Waals surface area contributed by atoms with Crippen LogP contribution in [0.15, 0.2) is 36.4 Å². The first-order chi connectivity index (χ1) is 31.8. The molecule has 66 heavy (non-hydrogen) atoms. The van der Waals surface area contributed by atoms with Gasteiger partial charge in [-0.15, -0.1) is 5.92 Å². The predicted molar refractivity (Wildman–Crippen MR) is 233 cm³/mol. The number of hydrogen-bond acceptors (Lipinski definition) is 16. The first-order valence-corrected chi connectivity index (χ1v) is 22.9. The number of rotatable bonds is 11. The number of esters is 1. The van der Waals surface area contributed by atoms with Crippen LogP contribution in [-0.2, 0) is 47.9 Å². The summed E-state index contributed by atoms with van der Waals surface area (Å²) in [5.41, 5.74) is 11.6. The van der Waals surface area contributed by atoms with Crippen LogP contribution in [0.1, 0.15) is 91.4 Å². The Morgan fingerprint density at radius 1 is 0.939 bits per heavy atom. The molecule has 5 heterocycles. The molecule has 0 aromatic heterocycles. The molecule has 2 bridgehead atoms. The number of carbonyl (C=O) groups excluding carboxylic acids is 1. The number of nitrogens with one attached hydrogen (secondary N) is 1. The van der Waals surface area contributed by atoms with Gasteiger partial charge in [-0.2, -0.15) is 4.89 Å². The molecular formula is C49H58N2O15. The zero-order valence-corrected chi connectivity index (χ0v) is 37.2. The molecular weight excluding hydrogens is 857 g/mol. The van der Waals surface area contributed by atoms with Crippen molar-refractivity contribution in [1.82, 2.24) is 5.32 Å². The number of phenols is 1. The van der Waals surface area contributed by atoms with Gasteiger partial charge in [-0.3, -0.25) is 9.59 Å². The second-order valence-corrected chi connectivity index (χ2v) is 18.6. The molecule has 3 aromatic rings. The molecule has 0 radical (unpaired) electrons. The molecule has 1 saturated carbocycles. The van der Waals surface area contributed by atoms with E-state index in [-0.39, 0.29) is 43.7 Å². The first kappa shape index (κ1) is 45.8. The topological polar surface area (TPSA) is 236 Å². The van der Waals surface area contributed by atoms with Crippen molar-refractivity contribution in [3.8, 4) is 46.3 Å². The molecule has 2 fully saturated rings. The van der Waals surface area contributed by atoms with Crippen molar-refractivity contribution in [3.63, 3.8) is 0 Å². The summed E-state index contributed by atoms with van der Waals surface area (Å²) in [5.74, 6) is 4.38. The molecule has 7 N–H and O–H groups in total. The van der Waals surface area contributed by atoms with E-state index < -0.39 is 73.4 Å². The van der Waals surface area contributed by atoms with Crippen LogP contribution < -0.4 is 34.9 Å². The Hall–Kier alpha value is -5.32. The average molecular weight is 915 g/mol. The number of phenolic OH excluding ortho intramolecular Hbond substituents is 1. The number of aliphatic hydroxyl groups is 2. The van der Waals surface area contributed by atoms with Crippen molar-refractivity contribution >= 4 is 11.9 Å². The van der Waals surface area contributed by atoms with Crippen LogP contribution in [0, 0.1) is 29.6 Å². The molecule has 0 spiro atoms. The Balaban J connectivity index is 1.04. The van der Waals surface area contributed by atoms with Gasteiger partial charge in [-0.05, 0) is 73.2 Å². The maximum Gasteiger partial charge on any atom is 0.332 e. The number of aliphatic carboxylic acids is 1. The highest BCUT2D eigenvalue weighted by Crippen LogP contribution is 2.57. The van der Waals surface area contributed by atoms with E-state index in [1.165, 1.54) is 12.8 Å². The maximum absolute atomic E-state index is 12.9. The summed E-state index contributed by atoms with van der Waals surface area (Å²) in [6.07, 6.45) is -1.59. The number of likely N-dealkylation sites (N-methyl/N-ethyl adjacent to an activating group) is 1. The molecule has 17 heteroatoms. The SMILES string of the molecule is CN[C@H]1CC#C[C@H](C(=O)O)C(=O)OC[C@H]2O[C@@H](OC[C@@H]1N)[C@H](OOc1cc3c(cc1Cc1cc(O)cc(CC4CCCC4)c1)OC[C@@H]1c4cc5c(c(CC(C)C)c4O[C@H]31)OCO5)[C@@H](O)[C@@H]2O. The number of ether oxygens (including phenoxy) is 7. The summed E-state index contributed by atoms with van der Waals surface area (Å²) in [7, 11) is 1.65. The second kappa shape index (κ2) is 19.5. The van der Waals surface area contributed by atoms with E-state index in [2.05, 4.69) is 37.1 Å². The highest BCUT2D eigenvalue weighted by atomic mass is 17.2. The highest BCUT2D eigenvalue weighted by molar-refractivity contribution is 5.97. The van der Waals surface area contributed by atoms with Crippen molar-refractivity contribution in [2.75, 3.05) is 33.7 Å². The van der Waals surface area contributed by atoms with E-state index in [1.54, 1.807) is 19.2 Å². The molecule has 6 aliphatic rings. The lowest BCUT2D eigenvalue weighted by atomic mass is 9.86. The number of cyclic esters (lactones) is 1. The minimum Gasteiger partial charge on any atom is -0.508 e. The van der Waals surface area contributed by atoms with Crippen molar-refractivity contribution in [2.24, 2.45) is 23.5 Å². The second-order valence-electron chi connectivity index (χ2n) is 18.6. The molecule has 9 rings (SSSR count). The first-order valence-electron chi connectivity index (χ1n) is 22.9. The summed E-state index contributed by atoms with van der Waals surface area (Å²) in [4.78, 5) is 37.1. The van der Waals surface area contributed by atoms with E-state index in [0.717, 1.165) is 47.3 Å². The van der Waals surface area contributed by atoms with Crippen LogP contribution in [0.25, 0.3) is 0 Å². The van der Waals surface area contributed by atoms with Crippen LogP contribution in [0.5, 0.6) is 34.5 Å². The Morgan fingerprint density at radius 3 is 2.52 bits per heavy atom. The van der Waals surface area contributed by atoms with Gasteiger partial charge in [0.1, 0.15) is 48.3 Å². The third kappa shape index (κ3) is 9.46. The molecule has 3 aromatic carbocycles. The number of carboxylic acid groups (broad SMARTS) is 1. The molecule has 10 atom stereocenters. The number of aliphatic hydroxyl groups excluding tert-OH is 2. The normalized spacial score (nSPS) is 29.3. The van der Waals surface area contributed by atoms with Gasteiger partial charge in [0, 0.05) is 47.2 Å². The number of benzene rings is 3. The Bertz CT molecular complexity index is 2360. The van der Waals surface area contributed by atoms with E-state index in [1.807, 2.05) is 18.2 Å². The fraction of sp³-hybridized carbons (Fsp3) is 0.551. The van der Waals surface area contributed by atoms with Crippen LogP contribution in [0.2, 0.25) is 0 Å². The summed E-state index contributed by atoms with van der Waals surface area (Å²) in [6.45, 7) is 3.94. The molecule has 1 saturated heterocycles. The van der Waals surface area contributed by atoms with Gasteiger partial charge in [-0.1, -0.05) is 51.5 Å². The number of aromatic hydroxyl groups is 1. The van der Waals surface area contributed by atoms with Crippen LogP contribution >= 0.6 is 0 Å². The van der Waals surface area contributed by atoms with Gasteiger partial charge in [-0.25, -0.2) is 0 Å². The molecule has 0 unspecified atom stereocenters. The average Bonchev–Trinajstić information content (AvgIpc) is 4.06. The van der Waals surface area contributed by atoms with Crippen molar-refractivity contribution < 1.29 is 72.9 Å². The lowest BCUT2D eigenvalue weighted by Gasteiger charge is -2.41. The minimum atomic E-state index is -1.80. The molecule has 17 nitrogen and oxygen atoms in total. The Labute approximate surface area is 382 Å². The number of hydrogen-bond donors (Lipinski definition) is 6. The molecule has 5 aliphatic heterocycles. The highest BCUT2D eigenvalue weighted by Gasteiger charge is 2.49. The van der Waals surface area contributed by atoms with Gasteiger partial charge < -0.3 is 69.5 Å². The maximum atomic E-state index is 12.9. The molecule has 0 amide bonds. The standard InChI is InChI=1S/C49H58N2O15/c1-24(2)11-33-43-31(18-39-45(33)62-23-61-39)34-20-58-38-17-28(14-27-13-26(15-29(52)16-27)12-25-7-4-5-8-25)37(19-32(38)44(34)64-43)65-66-46-42(54)41(53)40-22-59-48(57)30(47(55)56)9-6-10-36(51-3)35(50)21-60-49(46)63-40/h13,15-19,24-25,30,34-36,40-42,44,46,49,51-54H,4-5,7-8,10-12,14,20-23,50H2,1-3H3,(H,55,56)/t30-,34-,35+,36+,40-,41-,42+,44-,46-,49-/m1/s1. The summed E-state index contributed by atoms with van der Waals surface area (Å²) in [6, 6.07) is 10.0. The zero-order valence-electron chi connectivity index (χ0n) is 37.2. The van der Waals surface area contributed by atoms with Gasteiger partial charge in [0.25, 0.3) is 0 Å². The monoisotopic (exact) mass is 914 g/mol. The summed E-state index contributed by atoms with van der Waals surface area (Å²) >= 11 is 0. The number of carboxylic acids is 1. The third-order valence-electron chi connectivity index (χ3n) is 13.4. The van der Waals surface area contributed by atoms with Crippen LogP contribution in [-0.4, -0.2) is 109 Å². The predicted octanol–water partition coefficient (Wildman–Crippen LogP) is 3.96. The van der Waals surface area contributed by atoms with Crippen LogP contribution in [0.3, 0.4) is 0 Å².